The van der Waals surface area contributed by atoms with Gasteiger partial charge in [-0.25, -0.2) is 4.39 Å². The molecule has 1 aliphatic heterocycles. The molecule has 0 bridgehead atoms. The van der Waals surface area contributed by atoms with Crippen LogP contribution in [0.25, 0.3) is 10.9 Å². The molecule has 0 aliphatic carbocycles. The van der Waals surface area contributed by atoms with Gasteiger partial charge in [0.1, 0.15) is 11.4 Å². The van der Waals surface area contributed by atoms with Gasteiger partial charge in [0.2, 0.25) is 0 Å². The molecule has 1 aromatic heterocycles. The topological polar surface area (TPSA) is 28.4 Å². The summed E-state index contributed by atoms with van der Waals surface area (Å²) in [5, 5.41) is 12.8. The molecule has 27 heavy (non-hydrogen) atoms. The maximum absolute atomic E-state index is 13.4. The van der Waals surface area contributed by atoms with E-state index in [0.29, 0.717) is 13.0 Å². The zero-order chi connectivity index (χ0) is 19.2. The molecule has 4 rings (SSSR count). The molecule has 1 N–H and O–H groups in total. The van der Waals surface area contributed by atoms with Crippen LogP contribution in [0.3, 0.4) is 0 Å². The van der Waals surface area contributed by atoms with Crippen molar-refractivity contribution in [3.05, 3.63) is 70.7 Å². The fourth-order valence-corrected chi connectivity index (χ4v) is 4.30. The Balaban J connectivity index is 1.85. The Bertz CT molecular complexity index is 976. The quantitative estimate of drug-likeness (QED) is 0.742. The van der Waals surface area contributed by atoms with E-state index < -0.39 is 5.60 Å². The molecule has 4 heteroatoms. The molecule has 1 unspecified atom stereocenters. The Kier molecular flexibility index (Phi) is 4.57. The van der Waals surface area contributed by atoms with Crippen LogP contribution in [0.2, 0.25) is 0 Å². The van der Waals surface area contributed by atoms with Crippen LogP contribution in [0, 0.1) is 12.7 Å². The second-order valence-corrected chi connectivity index (χ2v) is 7.91. The van der Waals surface area contributed by atoms with Gasteiger partial charge in [-0.3, -0.25) is 0 Å². The lowest BCUT2D eigenvalue weighted by atomic mass is 9.90. The number of nitrogens with zero attached hydrogens (tertiary/aromatic N) is 2. The summed E-state index contributed by atoms with van der Waals surface area (Å²) < 4.78 is 15.7. The van der Waals surface area contributed by atoms with Crippen LogP contribution in [0.15, 0.2) is 42.5 Å². The minimum atomic E-state index is -1.03. The normalized spacial score (nSPS) is 17.1. The van der Waals surface area contributed by atoms with Crippen LogP contribution in [-0.2, 0) is 25.1 Å². The molecule has 1 aliphatic rings. The Morgan fingerprint density at radius 2 is 1.89 bits per heavy atom. The van der Waals surface area contributed by atoms with Gasteiger partial charge in [-0.2, -0.15) is 0 Å². The van der Waals surface area contributed by atoms with Gasteiger partial charge in [-0.1, -0.05) is 30.7 Å². The Morgan fingerprint density at radius 3 is 2.59 bits per heavy atom. The second kappa shape index (κ2) is 6.77. The first-order chi connectivity index (χ1) is 12.9. The largest absolute Gasteiger partial charge is 0.383 e. The maximum atomic E-state index is 13.4. The van der Waals surface area contributed by atoms with E-state index in [4.69, 9.17) is 0 Å². The molecular weight excluding hydrogens is 339 g/mol. The predicted molar refractivity (Wildman–Crippen MR) is 107 cm³/mol. The highest BCUT2D eigenvalue weighted by atomic mass is 19.1. The fourth-order valence-electron chi connectivity index (χ4n) is 4.30. The molecule has 3 aromatic rings. The van der Waals surface area contributed by atoms with E-state index in [1.54, 1.807) is 12.1 Å². The van der Waals surface area contributed by atoms with Crippen LogP contribution in [0.4, 0.5) is 4.39 Å². The van der Waals surface area contributed by atoms with Gasteiger partial charge >= 0.3 is 0 Å². The highest BCUT2D eigenvalue weighted by molar-refractivity contribution is 5.86. The van der Waals surface area contributed by atoms with E-state index in [0.717, 1.165) is 25.1 Å². The van der Waals surface area contributed by atoms with E-state index in [9.17, 15) is 9.50 Å². The standard InChI is InChI=1S/C23H27FN2O/c1-4-23(27,17-6-8-18(24)9-7-17)15-26-21-10-5-16(2)13-20(21)19-11-12-25(3)14-22(19)26/h5-10,13,27H,4,11-12,14-15H2,1-3H3. The monoisotopic (exact) mass is 366 g/mol. The average Bonchev–Trinajstić information content (AvgIpc) is 2.94. The number of aliphatic hydroxyl groups is 1. The number of halogens is 1. The Hall–Kier alpha value is -2.17. The SMILES string of the molecule is CCC(O)(Cn1c2c(c3cc(C)ccc31)CCN(C)C2)c1ccc(F)cc1. The van der Waals surface area contributed by atoms with Crippen molar-refractivity contribution >= 4 is 10.9 Å². The zero-order valence-electron chi connectivity index (χ0n) is 16.3. The van der Waals surface area contributed by atoms with E-state index in [-0.39, 0.29) is 5.82 Å². The average molecular weight is 366 g/mol. The van der Waals surface area contributed by atoms with Crippen molar-refractivity contribution in [2.75, 3.05) is 13.6 Å². The van der Waals surface area contributed by atoms with Crippen LogP contribution < -0.4 is 0 Å². The van der Waals surface area contributed by atoms with Crippen molar-refractivity contribution in [1.29, 1.82) is 0 Å². The fraction of sp³-hybridized carbons (Fsp3) is 0.391. The first kappa shape index (κ1) is 18.2. The number of aromatic nitrogens is 1. The summed E-state index contributed by atoms with van der Waals surface area (Å²) in [6, 6.07) is 12.8. The molecule has 1 atom stereocenters. The second-order valence-electron chi connectivity index (χ2n) is 7.91. The molecule has 2 heterocycles. The van der Waals surface area contributed by atoms with Gasteiger partial charge in [0.15, 0.2) is 0 Å². The van der Waals surface area contributed by atoms with Crippen molar-refractivity contribution < 1.29 is 9.50 Å². The van der Waals surface area contributed by atoms with E-state index in [1.807, 2.05) is 6.92 Å². The lowest BCUT2D eigenvalue weighted by molar-refractivity contribution is 0.0142. The van der Waals surface area contributed by atoms with Gasteiger partial charge in [-0.05, 0) is 62.2 Å². The van der Waals surface area contributed by atoms with Gasteiger partial charge < -0.3 is 14.6 Å². The molecule has 0 fully saturated rings. The van der Waals surface area contributed by atoms with Crippen molar-refractivity contribution in [2.24, 2.45) is 0 Å². The molecule has 0 saturated carbocycles. The predicted octanol–water partition coefficient (Wildman–Crippen LogP) is 4.37. The highest BCUT2D eigenvalue weighted by Crippen LogP contribution is 2.35. The van der Waals surface area contributed by atoms with Crippen LogP contribution in [-0.4, -0.2) is 28.2 Å². The van der Waals surface area contributed by atoms with Gasteiger partial charge in [0.05, 0.1) is 6.54 Å². The smallest absolute Gasteiger partial charge is 0.123 e. The van der Waals surface area contributed by atoms with E-state index >= 15 is 0 Å². The number of benzene rings is 2. The molecule has 0 radical (unpaired) electrons. The third-order valence-electron chi connectivity index (χ3n) is 5.99. The number of hydrogen-bond acceptors (Lipinski definition) is 2. The summed E-state index contributed by atoms with van der Waals surface area (Å²) in [7, 11) is 2.14. The summed E-state index contributed by atoms with van der Waals surface area (Å²) in [4.78, 5) is 2.33. The Labute approximate surface area is 160 Å². The van der Waals surface area contributed by atoms with Crippen molar-refractivity contribution in [3.63, 3.8) is 0 Å². The Morgan fingerprint density at radius 1 is 1.15 bits per heavy atom. The molecule has 3 nitrogen and oxygen atoms in total. The maximum Gasteiger partial charge on any atom is 0.123 e. The van der Waals surface area contributed by atoms with E-state index in [1.165, 1.54) is 39.9 Å². The molecule has 0 spiro atoms. The molecule has 0 amide bonds. The van der Waals surface area contributed by atoms with Crippen molar-refractivity contribution in [3.8, 4) is 0 Å². The third kappa shape index (κ3) is 3.17. The third-order valence-corrected chi connectivity index (χ3v) is 5.99. The van der Waals surface area contributed by atoms with E-state index in [2.05, 4.69) is 41.6 Å². The first-order valence-corrected chi connectivity index (χ1v) is 9.69. The first-order valence-electron chi connectivity index (χ1n) is 9.69. The summed E-state index contributed by atoms with van der Waals surface area (Å²) in [6.07, 6.45) is 1.59. The summed E-state index contributed by atoms with van der Waals surface area (Å²) in [6.45, 7) is 6.51. The molecule has 0 saturated heterocycles. The lowest BCUT2D eigenvalue weighted by Gasteiger charge is -2.31. The van der Waals surface area contributed by atoms with Crippen molar-refractivity contribution in [1.82, 2.24) is 9.47 Å². The molecule has 142 valence electrons. The van der Waals surface area contributed by atoms with Crippen LogP contribution in [0.1, 0.15) is 35.7 Å². The molecule has 2 aromatic carbocycles. The van der Waals surface area contributed by atoms with Crippen molar-refractivity contribution in [2.45, 2.75) is 45.4 Å². The van der Waals surface area contributed by atoms with Gasteiger partial charge in [0, 0.05) is 29.7 Å². The van der Waals surface area contributed by atoms with Gasteiger partial charge in [0.25, 0.3) is 0 Å². The number of rotatable bonds is 4. The number of aryl methyl sites for hydroxylation is 1. The van der Waals surface area contributed by atoms with Crippen LogP contribution >= 0.6 is 0 Å². The summed E-state index contributed by atoms with van der Waals surface area (Å²) in [5.74, 6) is -0.280. The van der Waals surface area contributed by atoms with Crippen LogP contribution in [0.5, 0.6) is 0 Å². The lowest BCUT2D eigenvalue weighted by Crippen LogP contribution is -2.33. The number of fused-ring (bicyclic) bond motifs is 3. The summed E-state index contributed by atoms with van der Waals surface area (Å²) >= 11 is 0. The zero-order valence-corrected chi connectivity index (χ0v) is 16.3. The highest BCUT2D eigenvalue weighted by Gasteiger charge is 2.31. The minimum Gasteiger partial charge on any atom is -0.383 e. The number of likely N-dealkylation sites (N-methyl/N-ethyl adjacent to an activating group) is 1. The minimum absolute atomic E-state index is 0.280. The van der Waals surface area contributed by atoms with Gasteiger partial charge in [-0.15, -0.1) is 0 Å². The molecular formula is C23H27FN2O. The summed E-state index contributed by atoms with van der Waals surface area (Å²) in [5.41, 5.74) is 4.86. The number of hydrogen-bond donors (Lipinski definition) is 1.